The van der Waals surface area contributed by atoms with E-state index < -0.39 is 0 Å². The van der Waals surface area contributed by atoms with E-state index in [2.05, 4.69) is 27.0 Å². The highest BCUT2D eigenvalue weighted by Gasteiger charge is 1.87. The van der Waals surface area contributed by atoms with Crippen molar-refractivity contribution in [2.75, 3.05) is 25.7 Å². The van der Waals surface area contributed by atoms with Crippen molar-refractivity contribution in [1.82, 2.24) is 0 Å². The number of ether oxygens (including phenoxy) is 1. The topological polar surface area (TPSA) is 29.5 Å². The van der Waals surface area contributed by atoms with Crippen LogP contribution < -0.4 is 0 Å². The molecule has 0 radical (unpaired) electrons. The number of hydrogen-bond donors (Lipinski definition) is 1. The van der Waals surface area contributed by atoms with E-state index in [-0.39, 0.29) is 0 Å². The summed E-state index contributed by atoms with van der Waals surface area (Å²) in [7, 11) is 0. The van der Waals surface area contributed by atoms with Gasteiger partial charge < -0.3 is 9.84 Å². The molecule has 0 aromatic heterocycles. The van der Waals surface area contributed by atoms with Crippen LogP contribution in [-0.2, 0) is 4.74 Å². The Kier molecular flexibility index (Phi) is 30.1. The number of halogens is 1. The molecule has 128 valence electrons. The van der Waals surface area contributed by atoms with E-state index >= 15 is 0 Å². The van der Waals surface area contributed by atoms with Crippen molar-refractivity contribution in [2.45, 2.75) is 66.2 Å². The highest BCUT2D eigenvalue weighted by molar-refractivity contribution is 6.19. The first kappa shape index (κ1) is 25.6. The van der Waals surface area contributed by atoms with Crippen molar-refractivity contribution < 1.29 is 9.84 Å². The zero-order valence-electron chi connectivity index (χ0n) is 14.7. The van der Waals surface area contributed by atoms with Crippen LogP contribution in [0.5, 0.6) is 0 Å². The van der Waals surface area contributed by atoms with E-state index in [0.717, 1.165) is 37.2 Å². The molecule has 21 heavy (non-hydrogen) atoms. The molecule has 2 nitrogen and oxygen atoms in total. The van der Waals surface area contributed by atoms with Gasteiger partial charge >= 0.3 is 0 Å². The third kappa shape index (κ3) is 45.1. The molecule has 0 aliphatic rings. The molecule has 0 aromatic carbocycles. The van der Waals surface area contributed by atoms with Gasteiger partial charge in [0.2, 0.25) is 0 Å². The normalized spacial score (nSPS) is 9.05. The summed E-state index contributed by atoms with van der Waals surface area (Å²) in [5.41, 5.74) is 2.13. The van der Waals surface area contributed by atoms with Crippen molar-refractivity contribution in [2.24, 2.45) is 0 Å². The summed E-state index contributed by atoms with van der Waals surface area (Å²) < 4.78 is 5.30. The maximum Gasteiger partial charge on any atom is 0.0671 e. The van der Waals surface area contributed by atoms with Crippen LogP contribution in [-0.4, -0.2) is 30.8 Å². The lowest BCUT2D eigenvalue weighted by Crippen LogP contribution is -1.96. The van der Waals surface area contributed by atoms with Gasteiger partial charge in [-0.3, -0.25) is 0 Å². The lowest BCUT2D eigenvalue weighted by molar-refractivity contribution is 0.152. The first-order chi connectivity index (χ1) is 9.95. The van der Waals surface area contributed by atoms with E-state index in [9.17, 15) is 0 Å². The summed E-state index contributed by atoms with van der Waals surface area (Å²) in [6.07, 6.45) is 7.05. The van der Waals surface area contributed by atoms with E-state index in [4.69, 9.17) is 21.4 Å². The standard InChI is InChI=1S/C9H18O.C5H12O.C4H7Cl/c1-4-5-6-7-10-8-9(2)3;1-2-3-4-5-6;1-4(2)3-5/h2,4-8H2,1,3H3;6H,2-5H2,1H3;1,3H2,2H3. The summed E-state index contributed by atoms with van der Waals surface area (Å²) in [6.45, 7) is 17.5. The Hall–Kier alpha value is -0.310. The van der Waals surface area contributed by atoms with Gasteiger partial charge in [0, 0.05) is 19.1 Å². The number of aliphatic hydroxyl groups is 1. The highest BCUT2D eigenvalue weighted by atomic mass is 35.5. The minimum Gasteiger partial charge on any atom is -0.396 e. The molecule has 0 aliphatic carbocycles. The maximum atomic E-state index is 8.20. The number of rotatable bonds is 10. The Morgan fingerprint density at radius 3 is 1.71 bits per heavy atom. The minimum absolute atomic E-state index is 0.355. The van der Waals surface area contributed by atoms with Gasteiger partial charge in [-0.1, -0.05) is 63.8 Å². The van der Waals surface area contributed by atoms with Crippen molar-refractivity contribution in [3.05, 3.63) is 24.3 Å². The molecular weight excluding hydrogens is 284 g/mol. The second-order valence-corrected chi connectivity index (χ2v) is 5.51. The molecule has 0 unspecified atom stereocenters. The predicted molar refractivity (Wildman–Crippen MR) is 97.3 cm³/mol. The van der Waals surface area contributed by atoms with Crippen LogP contribution in [0.1, 0.15) is 66.2 Å². The fourth-order valence-corrected chi connectivity index (χ4v) is 1.06. The lowest BCUT2D eigenvalue weighted by Gasteiger charge is -2.01. The van der Waals surface area contributed by atoms with E-state index in [0.29, 0.717) is 12.5 Å². The molecule has 0 rings (SSSR count). The molecule has 3 heteroatoms. The Morgan fingerprint density at radius 1 is 0.952 bits per heavy atom. The monoisotopic (exact) mass is 320 g/mol. The Bertz CT molecular complexity index is 211. The van der Waals surface area contributed by atoms with Gasteiger partial charge in [0.1, 0.15) is 0 Å². The molecular formula is C18H37ClO2. The van der Waals surface area contributed by atoms with Gasteiger partial charge in [-0.2, -0.15) is 0 Å². The van der Waals surface area contributed by atoms with E-state index in [1.807, 2.05) is 13.8 Å². The van der Waals surface area contributed by atoms with Crippen molar-refractivity contribution in [3.63, 3.8) is 0 Å². The number of alkyl halides is 1. The third-order valence-corrected chi connectivity index (χ3v) is 2.69. The lowest BCUT2D eigenvalue weighted by atomic mass is 10.3. The molecule has 0 bridgehead atoms. The average Bonchev–Trinajstić information content (AvgIpc) is 2.46. The van der Waals surface area contributed by atoms with Gasteiger partial charge in [-0.15, -0.1) is 11.6 Å². The maximum absolute atomic E-state index is 8.20. The van der Waals surface area contributed by atoms with Crippen molar-refractivity contribution >= 4 is 11.6 Å². The van der Waals surface area contributed by atoms with Crippen LogP contribution in [0, 0.1) is 0 Å². The molecule has 0 atom stereocenters. The molecule has 0 saturated carbocycles. The van der Waals surface area contributed by atoms with Crippen LogP contribution >= 0.6 is 11.6 Å². The van der Waals surface area contributed by atoms with E-state index in [1.54, 1.807) is 0 Å². The molecule has 0 saturated heterocycles. The smallest absolute Gasteiger partial charge is 0.0671 e. The van der Waals surface area contributed by atoms with Gasteiger partial charge in [-0.05, 0) is 26.7 Å². The van der Waals surface area contributed by atoms with Gasteiger partial charge in [0.25, 0.3) is 0 Å². The Balaban J connectivity index is -0.000000252. The Morgan fingerprint density at radius 2 is 1.43 bits per heavy atom. The molecule has 0 spiro atoms. The average molecular weight is 321 g/mol. The number of unbranched alkanes of at least 4 members (excludes halogenated alkanes) is 4. The second-order valence-electron chi connectivity index (χ2n) is 5.24. The minimum atomic E-state index is 0.355. The van der Waals surface area contributed by atoms with Crippen LogP contribution in [0.2, 0.25) is 0 Å². The first-order valence-electron chi connectivity index (χ1n) is 7.99. The zero-order valence-corrected chi connectivity index (χ0v) is 15.5. The summed E-state index contributed by atoms with van der Waals surface area (Å²) in [6, 6.07) is 0. The summed E-state index contributed by atoms with van der Waals surface area (Å²) in [5.74, 6) is 0.583. The quantitative estimate of drug-likeness (QED) is 0.316. The predicted octanol–water partition coefficient (Wildman–Crippen LogP) is 5.74. The van der Waals surface area contributed by atoms with Crippen LogP contribution in [0.25, 0.3) is 0 Å². The zero-order chi connectivity index (χ0) is 16.9. The highest BCUT2D eigenvalue weighted by Crippen LogP contribution is 1.95. The van der Waals surface area contributed by atoms with Gasteiger partial charge in [0.05, 0.1) is 6.61 Å². The fraction of sp³-hybridized carbons (Fsp3) is 0.778. The molecule has 0 aromatic rings. The van der Waals surface area contributed by atoms with Crippen LogP contribution in [0.3, 0.4) is 0 Å². The third-order valence-electron chi connectivity index (χ3n) is 2.23. The molecule has 0 aliphatic heterocycles. The van der Waals surface area contributed by atoms with Crippen LogP contribution in [0.4, 0.5) is 0 Å². The van der Waals surface area contributed by atoms with Gasteiger partial charge in [-0.25, -0.2) is 0 Å². The summed E-state index contributed by atoms with van der Waals surface area (Å²) >= 11 is 5.24. The number of allylic oxidation sites excluding steroid dienone is 1. The first-order valence-corrected chi connectivity index (χ1v) is 8.52. The van der Waals surface area contributed by atoms with Crippen molar-refractivity contribution in [3.8, 4) is 0 Å². The number of hydrogen-bond acceptors (Lipinski definition) is 2. The molecule has 0 heterocycles. The summed E-state index contributed by atoms with van der Waals surface area (Å²) in [5, 5.41) is 8.20. The molecule has 0 amide bonds. The second kappa shape index (κ2) is 24.7. The largest absolute Gasteiger partial charge is 0.396 e. The van der Waals surface area contributed by atoms with Crippen molar-refractivity contribution in [1.29, 1.82) is 0 Å². The molecule has 0 fully saturated rings. The SMILES string of the molecule is C=C(C)CCl.C=C(C)COCCCCC.CCCCCO. The fourth-order valence-electron chi connectivity index (χ4n) is 1.06. The van der Waals surface area contributed by atoms with Crippen LogP contribution in [0.15, 0.2) is 24.3 Å². The van der Waals surface area contributed by atoms with Gasteiger partial charge in [0.15, 0.2) is 0 Å². The molecule has 1 N–H and O–H groups in total. The Labute approximate surface area is 138 Å². The summed E-state index contributed by atoms with van der Waals surface area (Å²) in [4.78, 5) is 0. The van der Waals surface area contributed by atoms with E-state index in [1.165, 1.54) is 25.7 Å². The number of aliphatic hydroxyl groups excluding tert-OH is 1.